The van der Waals surface area contributed by atoms with Crippen molar-refractivity contribution in [2.75, 3.05) is 6.61 Å². The first-order chi connectivity index (χ1) is 14.7. The van der Waals surface area contributed by atoms with Crippen LogP contribution in [0.15, 0.2) is 42.5 Å². The van der Waals surface area contributed by atoms with Gasteiger partial charge in [0.15, 0.2) is 6.29 Å². The van der Waals surface area contributed by atoms with Crippen LogP contribution in [0.1, 0.15) is 41.4 Å². The largest absolute Gasteiger partial charge is 0.416 e. The van der Waals surface area contributed by atoms with Crippen LogP contribution >= 0.6 is 0 Å². The molecule has 12 heteroatoms. The van der Waals surface area contributed by atoms with Crippen molar-refractivity contribution in [3.63, 3.8) is 0 Å². The zero-order valence-electron chi connectivity index (χ0n) is 16.4. The number of primary amides is 1. The Morgan fingerprint density at radius 1 is 0.969 bits per heavy atom. The van der Waals surface area contributed by atoms with Gasteiger partial charge in [-0.05, 0) is 48.4 Å². The maximum atomic E-state index is 13.1. The molecule has 5 nitrogen and oxygen atoms in total. The van der Waals surface area contributed by atoms with Crippen molar-refractivity contribution in [3.05, 3.63) is 70.5 Å². The molecule has 32 heavy (non-hydrogen) atoms. The van der Waals surface area contributed by atoms with E-state index in [9.17, 15) is 40.6 Å². The fourth-order valence-electron chi connectivity index (χ4n) is 2.68. The molecule has 0 aliphatic carbocycles. The number of nitrogens with two attached hydrogens (primary N) is 1. The number of amides is 1. The fraction of sp³-hybridized carbons (Fsp3) is 0.350. The number of rotatable bonds is 8. The van der Waals surface area contributed by atoms with Gasteiger partial charge in [-0.15, -0.1) is 0 Å². The maximum Gasteiger partial charge on any atom is 0.416 e. The quantitative estimate of drug-likeness (QED) is 0.441. The SMILES string of the molecule is C[C@@H](O[C@H](OCC(N)=O)C(O)c1ccc(F)cc1)c1cc(C(F)(F)F)cc(C(F)(F)F)c1. The molecule has 0 saturated carbocycles. The smallest absolute Gasteiger partial charge is 0.383 e. The number of halogens is 7. The fourth-order valence-corrected chi connectivity index (χ4v) is 2.68. The van der Waals surface area contributed by atoms with Gasteiger partial charge in [-0.25, -0.2) is 4.39 Å². The minimum Gasteiger partial charge on any atom is -0.383 e. The minimum atomic E-state index is -5.06. The normalized spacial score (nSPS) is 15.3. The van der Waals surface area contributed by atoms with Gasteiger partial charge in [0.1, 0.15) is 18.5 Å². The van der Waals surface area contributed by atoms with Crippen LogP contribution in [0.4, 0.5) is 30.7 Å². The van der Waals surface area contributed by atoms with Crippen LogP contribution in [0.3, 0.4) is 0 Å². The number of alkyl halides is 6. The Balaban J connectivity index is 2.38. The summed E-state index contributed by atoms with van der Waals surface area (Å²) in [5.41, 5.74) is 1.42. The second-order valence-corrected chi connectivity index (χ2v) is 6.76. The molecule has 176 valence electrons. The molecular formula is C20H18F7NO4. The molecular weight excluding hydrogens is 451 g/mol. The number of aliphatic hydroxyl groups excluding tert-OH is 1. The predicted octanol–water partition coefficient (Wildman–Crippen LogP) is 4.50. The summed E-state index contributed by atoms with van der Waals surface area (Å²) >= 11 is 0. The van der Waals surface area contributed by atoms with Gasteiger partial charge in [-0.3, -0.25) is 4.79 Å². The van der Waals surface area contributed by atoms with E-state index in [2.05, 4.69) is 0 Å². The van der Waals surface area contributed by atoms with Crippen LogP contribution in [0.2, 0.25) is 0 Å². The van der Waals surface area contributed by atoms with Gasteiger partial charge in [0.25, 0.3) is 0 Å². The van der Waals surface area contributed by atoms with Crippen molar-refractivity contribution < 1.29 is 50.1 Å². The lowest BCUT2D eigenvalue weighted by Crippen LogP contribution is -2.31. The highest BCUT2D eigenvalue weighted by atomic mass is 19.4. The van der Waals surface area contributed by atoms with E-state index in [0.29, 0.717) is 12.1 Å². The Labute approximate surface area is 177 Å². The number of benzene rings is 2. The molecule has 2 aromatic rings. The van der Waals surface area contributed by atoms with Gasteiger partial charge in [-0.2, -0.15) is 26.3 Å². The third-order valence-corrected chi connectivity index (χ3v) is 4.28. The first-order valence-electron chi connectivity index (χ1n) is 8.96. The highest BCUT2D eigenvalue weighted by Crippen LogP contribution is 2.38. The van der Waals surface area contributed by atoms with Crippen LogP contribution < -0.4 is 5.73 Å². The van der Waals surface area contributed by atoms with Crippen LogP contribution in [0.25, 0.3) is 0 Å². The first-order valence-corrected chi connectivity index (χ1v) is 8.96. The lowest BCUT2D eigenvalue weighted by Gasteiger charge is -2.27. The van der Waals surface area contributed by atoms with E-state index in [0.717, 1.165) is 31.2 Å². The van der Waals surface area contributed by atoms with Crippen molar-refractivity contribution in [3.8, 4) is 0 Å². The predicted molar refractivity (Wildman–Crippen MR) is 96.2 cm³/mol. The summed E-state index contributed by atoms with van der Waals surface area (Å²) in [6.45, 7) is 0.361. The Morgan fingerprint density at radius 3 is 1.91 bits per heavy atom. The summed E-state index contributed by atoms with van der Waals surface area (Å²) in [6, 6.07) is 5.20. The van der Waals surface area contributed by atoms with Crippen LogP contribution in [-0.4, -0.2) is 23.9 Å². The number of hydrogen-bond donors (Lipinski definition) is 2. The van der Waals surface area contributed by atoms with Gasteiger partial charge in [0, 0.05) is 0 Å². The van der Waals surface area contributed by atoms with E-state index < -0.39 is 65.9 Å². The minimum absolute atomic E-state index is 0.0370. The number of hydrogen-bond acceptors (Lipinski definition) is 4. The average molecular weight is 469 g/mol. The summed E-state index contributed by atoms with van der Waals surface area (Å²) < 4.78 is 102. The summed E-state index contributed by atoms with van der Waals surface area (Å²) in [5, 5.41) is 10.5. The molecule has 0 bridgehead atoms. The molecule has 2 aromatic carbocycles. The highest BCUT2D eigenvalue weighted by molar-refractivity contribution is 5.75. The molecule has 0 spiro atoms. The second kappa shape index (κ2) is 9.84. The van der Waals surface area contributed by atoms with Crippen molar-refractivity contribution >= 4 is 5.91 Å². The lowest BCUT2D eigenvalue weighted by molar-refractivity contribution is -0.216. The Morgan fingerprint density at radius 2 is 1.47 bits per heavy atom. The summed E-state index contributed by atoms with van der Waals surface area (Å²) in [6.07, 6.45) is -15.0. The van der Waals surface area contributed by atoms with E-state index in [-0.39, 0.29) is 11.6 Å². The molecule has 0 saturated heterocycles. The monoisotopic (exact) mass is 469 g/mol. The second-order valence-electron chi connectivity index (χ2n) is 6.76. The summed E-state index contributed by atoms with van der Waals surface area (Å²) in [5.74, 6) is -1.61. The highest BCUT2D eigenvalue weighted by Gasteiger charge is 2.38. The number of carbonyl (C=O) groups is 1. The van der Waals surface area contributed by atoms with Gasteiger partial charge in [-0.1, -0.05) is 12.1 Å². The van der Waals surface area contributed by atoms with Gasteiger partial charge in [0.05, 0.1) is 17.2 Å². The average Bonchev–Trinajstić information content (AvgIpc) is 2.69. The van der Waals surface area contributed by atoms with E-state index >= 15 is 0 Å². The molecule has 1 unspecified atom stereocenters. The van der Waals surface area contributed by atoms with Crippen LogP contribution in [0.5, 0.6) is 0 Å². The van der Waals surface area contributed by atoms with Crippen molar-refractivity contribution in [2.24, 2.45) is 5.73 Å². The standard InChI is InChI=1S/C20H18F7NO4/c1-10(12-6-13(19(22,23)24)8-14(7-12)20(25,26)27)32-18(31-9-16(28)29)17(30)11-2-4-15(21)5-3-11/h2-8,10,17-18,30H,9H2,1H3,(H2,28,29)/t10-,17?,18+/m1/s1. The molecule has 0 aromatic heterocycles. The third-order valence-electron chi connectivity index (χ3n) is 4.28. The Hall–Kier alpha value is -2.70. The first kappa shape index (κ1) is 25.6. The summed E-state index contributed by atoms with van der Waals surface area (Å²) in [4.78, 5) is 11.0. The molecule has 0 heterocycles. The molecule has 0 aliphatic rings. The zero-order valence-corrected chi connectivity index (χ0v) is 16.4. The van der Waals surface area contributed by atoms with E-state index in [1.165, 1.54) is 0 Å². The van der Waals surface area contributed by atoms with Gasteiger partial charge >= 0.3 is 12.4 Å². The maximum absolute atomic E-state index is 13.1. The number of ether oxygens (including phenoxy) is 2. The van der Waals surface area contributed by atoms with E-state index in [1.807, 2.05) is 0 Å². The van der Waals surface area contributed by atoms with E-state index in [4.69, 9.17) is 15.2 Å². The summed E-state index contributed by atoms with van der Waals surface area (Å²) in [7, 11) is 0. The Bertz CT molecular complexity index is 897. The number of carbonyl (C=O) groups excluding carboxylic acids is 1. The third kappa shape index (κ3) is 6.90. The van der Waals surface area contributed by atoms with Crippen molar-refractivity contribution in [1.29, 1.82) is 0 Å². The van der Waals surface area contributed by atoms with Crippen molar-refractivity contribution in [1.82, 2.24) is 0 Å². The molecule has 3 atom stereocenters. The topological polar surface area (TPSA) is 81.8 Å². The Kier molecular flexibility index (Phi) is 7.86. The van der Waals surface area contributed by atoms with Crippen LogP contribution in [0, 0.1) is 5.82 Å². The molecule has 0 radical (unpaired) electrons. The van der Waals surface area contributed by atoms with Crippen LogP contribution in [-0.2, 0) is 26.6 Å². The van der Waals surface area contributed by atoms with Gasteiger partial charge in [0.2, 0.25) is 5.91 Å². The van der Waals surface area contributed by atoms with Gasteiger partial charge < -0.3 is 20.3 Å². The van der Waals surface area contributed by atoms with E-state index in [1.54, 1.807) is 0 Å². The molecule has 0 aliphatic heterocycles. The molecule has 1 amide bonds. The van der Waals surface area contributed by atoms with Crippen molar-refractivity contribution in [2.45, 2.75) is 37.8 Å². The lowest BCUT2D eigenvalue weighted by atomic mass is 10.0. The zero-order chi connectivity index (χ0) is 24.3. The molecule has 3 N–H and O–H groups in total. The molecule has 2 rings (SSSR count). The number of aliphatic hydroxyl groups is 1. The molecule has 0 fully saturated rings.